The van der Waals surface area contributed by atoms with E-state index < -0.39 is 37.6 Å². The van der Waals surface area contributed by atoms with E-state index in [-0.39, 0.29) is 59.6 Å². The minimum atomic E-state index is -4.49. The molecule has 16 heteroatoms. The van der Waals surface area contributed by atoms with Crippen molar-refractivity contribution in [2.45, 2.75) is 490 Å². The summed E-state index contributed by atoms with van der Waals surface area (Å²) in [5, 5.41) is 0. The molecule has 15 fully saturated rings. The molecule has 9 unspecified atom stereocenters. The van der Waals surface area contributed by atoms with Crippen LogP contribution in [0.5, 0.6) is 0 Å². The molecule has 15 aliphatic rings. The Morgan fingerprint density at radius 3 is 0.692 bits per heavy atom. The normalized spacial score (nSPS) is 39.7. The van der Waals surface area contributed by atoms with Crippen molar-refractivity contribution >= 4 is 0 Å². The molecule has 15 aliphatic carbocycles. The van der Waals surface area contributed by atoms with Crippen LogP contribution in [0.3, 0.4) is 0 Å². The first-order valence-electron chi connectivity index (χ1n) is 54.7. The minimum absolute atomic E-state index is 0. The van der Waals surface area contributed by atoms with Crippen molar-refractivity contribution in [3.63, 3.8) is 0 Å². The number of ether oxygens (including phenoxy) is 2. The maximum Gasteiger partial charge on any atom is 0.522 e. The zero-order valence-corrected chi connectivity index (χ0v) is 90.2. The average Bonchev–Trinajstić information content (AvgIpc) is 0.831. The quantitative estimate of drug-likeness (QED) is 0.0563. The molecule has 15 rings (SSSR count). The van der Waals surface area contributed by atoms with Gasteiger partial charge in [0.15, 0.2) is 0 Å². The maximum atomic E-state index is 13.7. The molecule has 10 N–H and O–H groups in total. The van der Waals surface area contributed by atoms with Gasteiger partial charge in [0.25, 0.3) is 0 Å². The monoisotopic (exact) mass is 2120 g/mol. The van der Waals surface area contributed by atoms with Crippen LogP contribution >= 0.6 is 0 Å². The third kappa shape index (κ3) is 38.6. The van der Waals surface area contributed by atoms with Crippen LogP contribution in [-0.4, -0.2) is 71.1 Å². The van der Waals surface area contributed by atoms with Gasteiger partial charge in [0.05, 0.1) is 12.2 Å². The molecule has 0 amide bonds. The molecule has 0 aliphatic heterocycles. The summed E-state index contributed by atoms with van der Waals surface area (Å²) in [5.74, 6) is 22.9. The second-order valence-corrected chi connectivity index (χ2v) is 45.8. The summed E-state index contributed by atoms with van der Waals surface area (Å²) in [7, 11) is 0. The minimum Gasteiger partial charge on any atom is -0.412 e. The molecule has 7 nitrogen and oxygen atoms in total. The van der Waals surface area contributed by atoms with Gasteiger partial charge in [0.2, 0.25) is 0 Å². The van der Waals surface area contributed by atoms with Gasteiger partial charge in [-0.15, -0.1) is 13.2 Å². The second kappa shape index (κ2) is 62.7. The fourth-order valence-electron chi connectivity index (χ4n) is 30.4. The first kappa shape index (κ1) is 117. The Morgan fingerprint density at radius 1 is 0.269 bits per heavy atom. The molecule has 0 saturated heterocycles. The zero-order valence-electron chi connectivity index (χ0n) is 83.8. The van der Waals surface area contributed by atoms with E-state index >= 15 is 0 Å². The molecule has 15 saturated carbocycles. The number of alkyl halides is 8. The Morgan fingerprint density at radius 2 is 0.469 bits per heavy atom. The van der Waals surface area contributed by atoms with Crippen LogP contribution in [0.25, 0.3) is 0 Å². The van der Waals surface area contributed by atoms with Crippen LogP contribution in [0.4, 0.5) is 35.1 Å². The van der Waals surface area contributed by atoms with Gasteiger partial charge in [-0.05, 0) is 567 Å². The predicted molar refractivity (Wildman–Crippen MR) is 546 cm³/mol. The van der Waals surface area contributed by atoms with Gasteiger partial charge in [0.1, 0.15) is 18.5 Å². The number of hydrogen-bond donors (Lipinski definition) is 0. The van der Waals surface area contributed by atoms with E-state index in [4.69, 9.17) is 4.74 Å². The Balaban J connectivity index is -0.000000391. The van der Waals surface area contributed by atoms with Crippen molar-refractivity contribution < 1.29 is 86.2 Å². The van der Waals surface area contributed by atoms with Gasteiger partial charge in [-0.1, -0.05) is 87.4 Å². The van der Waals surface area contributed by atoms with Gasteiger partial charge >= 0.3 is 13.0 Å². The molecule has 0 aromatic rings. The van der Waals surface area contributed by atoms with E-state index in [0.717, 1.165) is 182 Å². The van der Waals surface area contributed by atoms with Crippen molar-refractivity contribution in [2.75, 3.05) is 0 Å². The third-order valence-electron chi connectivity index (χ3n) is 38.5. The van der Waals surface area contributed by atoms with Crippen molar-refractivity contribution in [3.8, 4) is 0 Å². The third-order valence-corrected chi connectivity index (χ3v) is 38.5. The summed E-state index contributed by atoms with van der Waals surface area (Å²) in [6.07, 6.45) is 98.0. The van der Waals surface area contributed by atoms with Gasteiger partial charge in [-0.2, -0.15) is 21.6 Å². The second-order valence-electron chi connectivity index (χ2n) is 45.8. The van der Waals surface area contributed by atoms with Crippen LogP contribution in [0.15, 0.2) is 60.8 Å². The Hall–Kier alpha value is -3.14. The average molecular weight is 2120 g/mol. The summed E-state index contributed by atoms with van der Waals surface area (Å²) in [6.45, 7) is 12.1. The summed E-state index contributed by atoms with van der Waals surface area (Å²) in [6, 6.07) is 0. The first-order valence-corrected chi connectivity index (χ1v) is 54.7. The molecule has 9 atom stereocenters. The van der Waals surface area contributed by atoms with Crippen LogP contribution < -0.4 is 0 Å². The van der Waals surface area contributed by atoms with Crippen molar-refractivity contribution in [1.29, 1.82) is 0 Å². The smallest absolute Gasteiger partial charge is 0.412 e. The van der Waals surface area contributed by atoms with Crippen molar-refractivity contribution in [1.82, 2.24) is 0 Å². The van der Waals surface area contributed by atoms with E-state index in [1.54, 1.807) is 25.7 Å². The topological polar surface area (TPSA) is 176 Å². The van der Waals surface area contributed by atoms with E-state index in [9.17, 15) is 35.1 Å². The fourth-order valence-corrected chi connectivity index (χ4v) is 30.4. The van der Waals surface area contributed by atoms with Gasteiger partial charge in [-0.25, -0.2) is 13.2 Å². The van der Waals surface area contributed by atoms with Crippen LogP contribution in [0.2, 0.25) is 0 Å². The SMILES string of the molecule is C/C=C/CC1CCC(C2CCC(C3CCC(F)C(F)C3)CC2)CC1.C/C=C/CC1CCC(C2CCC(C3CCC(F)CC3)CC2)CC1.C/C=C/CC1CCC(C2CCC(C3CCC(OC(F)(F)F)C(C)C3)CC2)CC1.C/C=C/CC1CCC(C2CCC(C3CCC(OC(F)F)C(C)C3)CC2)CC1.C/C=C/CC1CCC(C2CCC(C3CC[CH-]CC3)CC2)CC1.O.O.O.O.O.[HH].[HH].[HH].[HH].[HH].[HH].[HH].[HH].[HH].[HH].[Rf]. The predicted octanol–water partition coefficient (Wildman–Crippen LogP) is 34.9. The van der Waals surface area contributed by atoms with Crippen molar-refractivity contribution in [3.05, 3.63) is 67.2 Å². The summed E-state index contributed by atoms with van der Waals surface area (Å²) in [4.78, 5) is 0. The largest absolute Gasteiger partial charge is 0.522 e. The molecule has 0 aromatic heterocycles. The number of rotatable bonds is 23. The molecular weight excluding hydrogens is 1900 g/mol. The van der Waals surface area contributed by atoms with Gasteiger partial charge < -0.3 is 38.5 Å². The molecule has 0 spiro atoms. The van der Waals surface area contributed by atoms with E-state index in [1.165, 1.54) is 302 Å². The summed E-state index contributed by atoms with van der Waals surface area (Å²) < 4.78 is 112. The number of hydrogen-bond acceptors (Lipinski definition) is 2. The van der Waals surface area contributed by atoms with E-state index in [2.05, 4.69) is 113 Å². The van der Waals surface area contributed by atoms with Crippen molar-refractivity contribution in [2.24, 2.45) is 160 Å². The molecule has 0 aromatic carbocycles. The molecule has 0 heterocycles. The van der Waals surface area contributed by atoms with Gasteiger partial charge in [-0.3, -0.25) is 4.74 Å². The first-order chi connectivity index (χ1) is 60.2. The number of halogens is 8. The molecule has 130 heavy (non-hydrogen) atoms. The Kier molecular flexibility index (Phi) is 56.6. The van der Waals surface area contributed by atoms with E-state index in [1.807, 2.05) is 6.92 Å². The molecule has 776 valence electrons. The summed E-state index contributed by atoms with van der Waals surface area (Å²) in [5.41, 5.74) is 0. The maximum absolute atomic E-state index is 13.7. The zero-order chi connectivity index (χ0) is 87.6. The van der Waals surface area contributed by atoms with Crippen LogP contribution in [0.1, 0.15) is 461 Å². The standard InChI is InChI=1S/C24H39F3O.C24H40F2O.C22H36F2.C22H37F.C22H37.5H2O.Rf.10H2/c1-3-4-5-18-6-8-19(9-7-18)20-10-12-21(13-11-20)22-14-15-23(17(2)16-22)28-24(25,26)27;1-3-4-5-18-6-8-19(9-7-18)20-10-12-21(13-11-20)22-14-15-23(17(2)16-22)27-24(25)26;1-2-3-4-16-5-7-17(8-6-16)18-9-11-19(12-10-18)20-13-14-21(23)22(24)15-20;1-2-3-4-17-5-7-18(8-6-17)19-9-11-20(12-10-19)21-13-15-22(23)16-14-21;1-2-3-7-18-10-12-20(13-11-18)22-16-14-21(15-17-22)19-8-5-4-6-9-19;;;;;;;;;;;;;;;;/h3-4,17-23H,5-16H2,1-2H3;3-4,17-24H,5-16H2,1-2H3;2-3,16-22H,4-15H2,1H3;2-3,17-22H,4-16H2,1H3;2-4,18-22H,5-17H2,1H3;5*1H2;;10*1H/q;;;;-1;;;;;;;;;;;;;;;;/b2*4-3+;3*3-2+;;;;;;;;;;;;;;;;. The molecule has 0 radical (unpaired) electrons. The Labute approximate surface area is 799 Å². The fraction of sp³-hybridized carbons (Fsp3) is 0.904. The van der Waals surface area contributed by atoms with Crippen LogP contribution in [0, 0.1) is 166 Å². The number of allylic oxidation sites excluding steroid dienone is 10. The van der Waals surface area contributed by atoms with E-state index in [0.29, 0.717) is 37.0 Å². The van der Waals surface area contributed by atoms with Gasteiger partial charge in [0, 0.05) is 14.3 Å². The summed E-state index contributed by atoms with van der Waals surface area (Å²) >= 11 is 0. The molecular formula is C114H219F8O7Rf-. The van der Waals surface area contributed by atoms with Crippen LogP contribution in [-0.2, 0) is 9.47 Å². The Bertz CT molecular complexity index is 2980. The molecule has 0 bridgehead atoms.